The molecule has 3 aromatic carbocycles. The van der Waals surface area contributed by atoms with Crippen LogP contribution in [-0.4, -0.2) is 26.9 Å². The smallest absolute Gasteiger partial charge is 0.266 e. The normalized spacial score (nSPS) is 12.0. The fourth-order valence-electron chi connectivity index (χ4n) is 4.41. The van der Waals surface area contributed by atoms with E-state index in [4.69, 9.17) is 39.8 Å². The van der Waals surface area contributed by atoms with Crippen LogP contribution in [0.3, 0.4) is 0 Å². The summed E-state index contributed by atoms with van der Waals surface area (Å²) in [4.78, 5) is 34.3. The van der Waals surface area contributed by atoms with Crippen molar-refractivity contribution in [3.8, 4) is 5.69 Å². The number of unbranched alkanes of at least 4 members (excludes halogenated alkanes) is 3. The zero-order valence-electron chi connectivity index (χ0n) is 20.8. The van der Waals surface area contributed by atoms with Crippen LogP contribution in [0.1, 0.15) is 61.8 Å². The van der Waals surface area contributed by atoms with Crippen molar-refractivity contribution in [2.45, 2.75) is 45.6 Å². The fraction of sp³-hybridized carbons (Fsp3) is 0.276. The Kier molecular flexibility index (Phi) is 8.91. The van der Waals surface area contributed by atoms with E-state index in [9.17, 15) is 9.59 Å². The number of para-hydroxylation sites is 2. The summed E-state index contributed by atoms with van der Waals surface area (Å²) in [5, 5.41) is 1.58. The number of aromatic nitrogens is 2. The Morgan fingerprint density at radius 2 is 1.65 bits per heavy atom. The van der Waals surface area contributed by atoms with Crippen LogP contribution in [0.4, 0.5) is 0 Å². The number of carbonyl (C=O) groups excluding carboxylic acids is 1. The van der Waals surface area contributed by atoms with Gasteiger partial charge in [0.15, 0.2) is 0 Å². The van der Waals surface area contributed by atoms with E-state index in [2.05, 4.69) is 6.92 Å². The van der Waals surface area contributed by atoms with Crippen LogP contribution in [0.25, 0.3) is 16.6 Å². The predicted octanol–water partition coefficient (Wildman–Crippen LogP) is 8.13. The maximum Gasteiger partial charge on any atom is 0.266 e. The van der Waals surface area contributed by atoms with E-state index in [1.807, 2.05) is 25.1 Å². The molecule has 4 rings (SSSR count). The van der Waals surface area contributed by atoms with Crippen molar-refractivity contribution >= 4 is 51.6 Å². The fourth-order valence-corrected chi connectivity index (χ4v) is 4.93. The van der Waals surface area contributed by atoms with E-state index in [0.29, 0.717) is 49.6 Å². The number of hydrogen-bond donors (Lipinski definition) is 0. The maximum absolute atomic E-state index is 13.8. The first-order valence-electron chi connectivity index (χ1n) is 12.4. The van der Waals surface area contributed by atoms with Crippen LogP contribution in [-0.2, 0) is 0 Å². The van der Waals surface area contributed by atoms with Crippen LogP contribution >= 0.6 is 34.8 Å². The molecule has 0 aliphatic rings. The van der Waals surface area contributed by atoms with Gasteiger partial charge in [0, 0.05) is 12.1 Å². The van der Waals surface area contributed by atoms with Crippen molar-refractivity contribution in [3.05, 3.63) is 104 Å². The minimum Gasteiger partial charge on any atom is -0.329 e. The molecule has 0 spiro atoms. The minimum absolute atomic E-state index is 0.212. The van der Waals surface area contributed by atoms with Crippen LogP contribution < -0.4 is 5.56 Å². The molecule has 0 aliphatic carbocycles. The highest BCUT2D eigenvalue weighted by Crippen LogP contribution is 2.29. The Balaban J connectivity index is 1.87. The Morgan fingerprint density at radius 1 is 0.919 bits per heavy atom. The van der Waals surface area contributed by atoms with Crippen LogP contribution in [0, 0.1) is 0 Å². The van der Waals surface area contributed by atoms with E-state index in [-0.39, 0.29) is 11.5 Å². The molecule has 0 radical (unpaired) electrons. The topological polar surface area (TPSA) is 55.2 Å². The number of carbonyl (C=O) groups is 1. The molecule has 4 aromatic rings. The molecular weight excluding hydrogens is 529 g/mol. The number of benzene rings is 3. The Morgan fingerprint density at radius 3 is 2.38 bits per heavy atom. The molecule has 1 unspecified atom stereocenters. The van der Waals surface area contributed by atoms with E-state index in [1.54, 1.807) is 53.4 Å². The van der Waals surface area contributed by atoms with Gasteiger partial charge in [0.1, 0.15) is 5.82 Å². The molecule has 1 aromatic heterocycles. The van der Waals surface area contributed by atoms with E-state index in [1.165, 1.54) is 4.57 Å². The van der Waals surface area contributed by atoms with Crippen LogP contribution in [0.5, 0.6) is 0 Å². The Labute approximate surface area is 231 Å². The average Bonchev–Trinajstić information content (AvgIpc) is 2.90. The SMILES string of the molecule is CCCCCCN(C(=O)c1ccc(Cl)c(Cl)c1)C(C)c1nc2ccccc2c(=O)n1-c1ccccc1Cl. The van der Waals surface area contributed by atoms with E-state index >= 15 is 0 Å². The predicted molar refractivity (Wildman–Crippen MR) is 152 cm³/mol. The standard InChI is InChI=1S/C29H28Cl3N3O2/c1-3-4-5-10-17-34(28(36)20-15-16-22(30)24(32)18-20)19(2)27-33-25-13-8-6-11-21(25)29(37)35(27)26-14-9-7-12-23(26)31/h6-9,11-16,18-19H,3-5,10,17H2,1-2H3. The molecule has 0 saturated carbocycles. The first-order chi connectivity index (χ1) is 17.8. The summed E-state index contributed by atoms with van der Waals surface area (Å²) < 4.78 is 1.52. The lowest BCUT2D eigenvalue weighted by molar-refractivity contribution is 0.0677. The Hall–Kier alpha value is -2.86. The molecule has 37 heavy (non-hydrogen) atoms. The van der Waals surface area contributed by atoms with Gasteiger partial charge < -0.3 is 4.90 Å². The van der Waals surface area contributed by atoms with Gasteiger partial charge in [-0.15, -0.1) is 0 Å². The van der Waals surface area contributed by atoms with E-state index < -0.39 is 6.04 Å². The third-order valence-corrected chi connectivity index (χ3v) is 7.47. The highest BCUT2D eigenvalue weighted by atomic mass is 35.5. The summed E-state index contributed by atoms with van der Waals surface area (Å²) in [6.07, 6.45) is 3.95. The minimum atomic E-state index is -0.544. The first-order valence-corrected chi connectivity index (χ1v) is 13.5. The van der Waals surface area contributed by atoms with Gasteiger partial charge in [-0.05, 0) is 55.8 Å². The van der Waals surface area contributed by atoms with Gasteiger partial charge in [0.05, 0.1) is 37.7 Å². The molecule has 0 bridgehead atoms. The monoisotopic (exact) mass is 555 g/mol. The maximum atomic E-state index is 13.8. The molecule has 0 fully saturated rings. The lowest BCUT2D eigenvalue weighted by Gasteiger charge is -2.31. The molecule has 192 valence electrons. The second-order valence-corrected chi connectivity index (χ2v) is 10.2. The lowest BCUT2D eigenvalue weighted by atomic mass is 10.1. The van der Waals surface area contributed by atoms with Gasteiger partial charge in [-0.1, -0.05) is 85.3 Å². The molecule has 8 heteroatoms. The summed E-state index contributed by atoms with van der Waals surface area (Å²) in [5.41, 5.74) is 1.26. The highest BCUT2D eigenvalue weighted by molar-refractivity contribution is 6.42. The molecule has 1 heterocycles. The number of amides is 1. The molecule has 0 N–H and O–H groups in total. The van der Waals surface area contributed by atoms with Crippen molar-refractivity contribution in [3.63, 3.8) is 0 Å². The van der Waals surface area contributed by atoms with Crippen LogP contribution in [0.15, 0.2) is 71.5 Å². The number of fused-ring (bicyclic) bond motifs is 1. The molecular formula is C29H28Cl3N3O2. The zero-order chi connectivity index (χ0) is 26.5. The number of hydrogen-bond acceptors (Lipinski definition) is 3. The third-order valence-electron chi connectivity index (χ3n) is 6.42. The zero-order valence-corrected chi connectivity index (χ0v) is 23.0. The second-order valence-electron chi connectivity index (χ2n) is 8.94. The summed E-state index contributed by atoms with van der Waals surface area (Å²) >= 11 is 18.9. The largest absolute Gasteiger partial charge is 0.329 e. The van der Waals surface area contributed by atoms with Gasteiger partial charge in [-0.25, -0.2) is 4.98 Å². The molecule has 5 nitrogen and oxygen atoms in total. The number of halogens is 3. The molecule has 1 atom stereocenters. The van der Waals surface area contributed by atoms with Gasteiger partial charge in [0.25, 0.3) is 11.5 Å². The highest BCUT2D eigenvalue weighted by Gasteiger charge is 2.28. The van der Waals surface area contributed by atoms with Crippen molar-refractivity contribution in [1.29, 1.82) is 0 Å². The quantitative estimate of drug-likeness (QED) is 0.196. The van der Waals surface area contributed by atoms with Crippen molar-refractivity contribution < 1.29 is 4.79 Å². The summed E-state index contributed by atoms with van der Waals surface area (Å²) in [5.74, 6) is 0.219. The lowest BCUT2D eigenvalue weighted by Crippen LogP contribution is -2.38. The summed E-state index contributed by atoms with van der Waals surface area (Å²) in [6.45, 7) is 4.52. The molecule has 0 aliphatic heterocycles. The van der Waals surface area contributed by atoms with Gasteiger partial charge in [0.2, 0.25) is 0 Å². The first kappa shape index (κ1) is 27.2. The molecule has 0 saturated heterocycles. The van der Waals surface area contributed by atoms with Gasteiger partial charge in [-0.2, -0.15) is 0 Å². The van der Waals surface area contributed by atoms with Crippen molar-refractivity contribution in [2.24, 2.45) is 0 Å². The Bertz CT molecular complexity index is 1490. The molecule has 1 amide bonds. The van der Waals surface area contributed by atoms with Gasteiger partial charge in [-0.3, -0.25) is 14.2 Å². The van der Waals surface area contributed by atoms with Gasteiger partial charge >= 0.3 is 0 Å². The van der Waals surface area contributed by atoms with Crippen molar-refractivity contribution in [2.75, 3.05) is 6.54 Å². The van der Waals surface area contributed by atoms with Crippen LogP contribution in [0.2, 0.25) is 15.1 Å². The van der Waals surface area contributed by atoms with E-state index in [0.717, 1.165) is 25.7 Å². The summed E-state index contributed by atoms with van der Waals surface area (Å²) in [6, 6.07) is 18.6. The van der Waals surface area contributed by atoms with Crippen molar-refractivity contribution in [1.82, 2.24) is 14.5 Å². The average molecular weight is 557 g/mol. The number of nitrogens with zero attached hydrogens (tertiary/aromatic N) is 3. The number of rotatable bonds is 9. The third kappa shape index (κ3) is 5.85. The summed E-state index contributed by atoms with van der Waals surface area (Å²) in [7, 11) is 0. The second kappa shape index (κ2) is 12.1.